The van der Waals surface area contributed by atoms with Crippen molar-refractivity contribution >= 4 is 25.4 Å². The number of nitrogens with two attached hydrogens (primary N) is 1. The lowest BCUT2D eigenvalue weighted by Gasteiger charge is -2.17. The van der Waals surface area contributed by atoms with Crippen LogP contribution in [0.5, 0.6) is 0 Å². The van der Waals surface area contributed by atoms with Crippen molar-refractivity contribution in [1.82, 2.24) is 20.1 Å². The second-order valence-electron chi connectivity index (χ2n) is 5.89. The van der Waals surface area contributed by atoms with Gasteiger partial charge in [-0.1, -0.05) is 36.8 Å². The maximum atomic E-state index is 12.1. The number of amides is 1. The molecule has 142 valence electrons. The van der Waals surface area contributed by atoms with E-state index < -0.39 is 13.1 Å². The summed E-state index contributed by atoms with van der Waals surface area (Å²) in [7, 11) is -1.61. The summed E-state index contributed by atoms with van der Waals surface area (Å²) in [4.78, 5) is 16.3. The Balaban J connectivity index is 0.00000338. The van der Waals surface area contributed by atoms with Gasteiger partial charge < -0.3 is 21.1 Å². The lowest BCUT2D eigenvalue weighted by molar-refractivity contribution is -0.122. The maximum Gasteiger partial charge on any atom is 0.475 e. The lowest BCUT2D eigenvalue weighted by atomic mass is 9.76. The third kappa shape index (κ3) is 7.53. The van der Waals surface area contributed by atoms with E-state index in [1.165, 1.54) is 11.0 Å². The Morgan fingerprint density at radius 3 is 2.65 bits per heavy atom. The Morgan fingerprint density at radius 1 is 1.27 bits per heavy atom. The van der Waals surface area contributed by atoms with E-state index in [0.717, 1.165) is 12.0 Å². The first-order chi connectivity index (χ1) is 12.1. The van der Waals surface area contributed by atoms with E-state index >= 15 is 0 Å². The Bertz CT molecular complexity index is 656. The number of rotatable bonds is 10. The van der Waals surface area contributed by atoms with Crippen LogP contribution in [0.2, 0.25) is 0 Å². The molecule has 10 heteroatoms. The van der Waals surface area contributed by atoms with Gasteiger partial charge in [-0.25, -0.2) is 9.67 Å². The minimum atomic E-state index is -1.61. The van der Waals surface area contributed by atoms with Crippen molar-refractivity contribution in [2.45, 2.75) is 38.2 Å². The van der Waals surface area contributed by atoms with Crippen LogP contribution in [0, 0.1) is 0 Å². The van der Waals surface area contributed by atoms with E-state index in [1.807, 2.05) is 30.3 Å². The zero-order valence-electron chi connectivity index (χ0n) is 14.5. The highest BCUT2D eigenvalue weighted by Gasteiger charge is 2.24. The van der Waals surface area contributed by atoms with Gasteiger partial charge in [-0.15, -0.1) is 12.4 Å². The summed E-state index contributed by atoms with van der Waals surface area (Å²) in [6.45, 7) is 0.507. The third-order valence-corrected chi connectivity index (χ3v) is 3.77. The van der Waals surface area contributed by atoms with Gasteiger partial charge in [0.1, 0.15) is 12.9 Å². The number of carbonyl (C=O) groups excluding carboxylic acids is 1. The minimum absolute atomic E-state index is 0. The van der Waals surface area contributed by atoms with Gasteiger partial charge in [0.25, 0.3) is 0 Å². The monoisotopic (exact) mass is 381 g/mol. The van der Waals surface area contributed by atoms with Gasteiger partial charge in [-0.3, -0.25) is 4.79 Å². The van der Waals surface area contributed by atoms with E-state index in [2.05, 4.69) is 15.4 Å². The number of unbranched alkanes of at least 4 members (excludes halogenated alkanes) is 1. The molecule has 1 aromatic heterocycles. The topological polar surface area (TPSA) is 126 Å². The van der Waals surface area contributed by atoms with Crippen molar-refractivity contribution < 1.29 is 14.8 Å². The van der Waals surface area contributed by atoms with Crippen molar-refractivity contribution in [3.63, 3.8) is 0 Å². The number of hydrogen-bond donors (Lipinski definition) is 4. The molecule has 2 aromatic rings. The molecule has 0 radical (unpaired) electrons. The molecule has 1 unspecified atom stereocenters. The summed E-state index contributed by atoms with van der Waals surface area (Å²) in [5.74, 6) is -0.436. The van der Waals surface area contributed by atoms with Gasteiger partial charge in [0.15, 0.2) is 5.82 Å². The van der Waals surface area contributed by atoms with Crippen LogP contribution in [-0.4, -0.2) is 50.3 Å². The van der Waals surface area contributed by atoms with Crippen LogP contribution < -0.4 is 11.1 Å². The predicted molar refractivity (Wildman–Crippen MR) is 102 cm³/mol. The second-order valence-corrected chi connectivity index (χ2v) is 5.89. The fourth-order valence-electron chi connectivity index (χ4n) is 2.47. The highest BCUT2D eigenvalue weighted by molar-refractivity contribution is 6.43. The number of carbonyl (C=O) groups is 1. The van der Waals surface area contributed by atoms with Crippen molar-refractivity contribution in [1.29, 1.82) is 0 Å². The quantitative estimate of drug-likeness (QED) is 0.337. The van der Waals surface area contributed by atoms with Crippen LogP contribution in [0.4, 0.5) is 0 Å². The molecule has 0 bridgehead atoms. The van der Waals surface area contributed by atoms with Crippen molar-refractivity contribution in [3.8, 4) is 0 Å². The number of hydrogen-bond acceptors (Lipinski definition) is 6. The first-order valence-corrected chi connectivity index (χ1v) is 8.36. The molecule has 1 atom stereocenters. The second kappa shape index (κ2) is 11.6. The number of nitrogens with zero attached hydrogens (tertiary/aromatic N) is 3. The smallest absolute Gasteiger partial charge is 0.426 e. The summed E-state index contributed by atoms with van der Waals surface area (Å²) in [6, 6.07) is 9.82. The first kappa shape index (κ1) is 22.1. The van der Waals surface area contributed by atoms with Crippen molar-refractivity contribution in [2.75, 3.05) is 6.54 Å². The summed E-state index contributed by atoms with van der Waals surface area (Å²) >= 11 is 0. The van der Waals surface area contributed by atoms with Crippen LogP contribution >= 0.6 is 12.4 Å². The molecule has 0 aliphatic rings. The highest BCUT2D eigenvalue weighted by Crippen LogP contribution is 2.05. The summed E-state index contributed by atoms with van der Waals surface area (Å²) in [5, 5.41) is 25.6. The molecule has 0 fully saturated rings. The number of halogens is 1. The van der Waals surface area contributed by atoms with Crippen LogP contribution in [0.15, 0.2) is 36.7 Å². The van der Waals surface area contributed by atoms with E-state index in [-0.39, 0.29) is 24.9 Å². The molecule has 0 saturated carbocycles. The van der Waals surface area contributed by atoms with E-state index in [1.54, 1.807) is 0 Å². The first-order valence-electron chi connectivity index (χ1n) is 8.36. The highest BCUT2D eigenvalue weighted by atomic mass is 35.5. The molecule has 2 rings (SSSR count). The van der Waals surface area contributed by atoms with E-state index in [9.17, 15) is 14.8 Å². The number of benzene rings is 1. The Labute approximate surface area is 159 Å². The molecule has 1 heterocycles. The standard InChI is InChI=1S/C16H24BN5O3.ClH/c18-9-5-4-8-14(17(24)25)20-16(23)11-22-12-19-15(21-22)10-13-6-2-1-3-7-13;/h1-3,6-7,12,14,24-25H,4-5,8-11,18H2,(H,20,23);1H. The fourth-order valence-corrected chi connectivity index (χ4v) is 2.47. The number of aromatic nitrogens is 3. The Kier molecular flexibility index (Phi) is 9.89. The van der Waals surface area contributed by atoms with Gasteiger partial charge in [0, 0.05) is 6.42 Å². The molecule has 1 aromatic carbocycles. The van der Waals surface area contributed by atoms with Crippen LogP contribution in [0.25, 0.3) is 0 Å². The molecule has 0 aliphatic carbocycles. The fraction of sp³-hybridized carbons (Fsp3) is 0.438. The Hall–Kier alpha value is -1.94. The lowest BCUT2D eigenvalue weighted by Crippen LogP contribution is -2.47. The van der Waals surface area contributed by atoms with Gasteiger partial charge in [0.05, 0.1) is 5.94 Å². The Morgan fingerprint density at radius 2 is 2.00 bits per heavy atom. The van der Waals surface area contributed by atoms with Crippen molar-refractivity contribution in [2.24, 2.45) is 5.73 Å². The van der Waals surface area contributed by atoms with E-state index in [0.29, 0.717) is 31.6 Å². The maximum absolute atomic E-state index is 12.1. The largest absolute Gasteiger partial charge is 0.475 e. The average Bonchev–Trinajstić information content (AvgIpc) is 3.01. The average molecular weight is 382 g/mol. The molecular formula is C16H25BClN5O3. The molecule has 0 saturated heterocycles. The van der Waals surface area contributed by atoms with Gasteiger partial charge >= 0.3 is 7.12 Å². The van der Waals surface area contributed by atoms with Crippen LogP contribution in [0.3, 0.4) is 0 Å². The predicted octanol–water partition coefficient (Wildman–Crippen LogP) is -0.0835. The SMILES string of the molecule is Cl.NCCCCC(NC(=O)Cn1cnc(Cc2ccccc2)n1)B(O)O. The zero-order valence-corrected chi connectivity index (χ0v) is 15.3. The normalized spacial score (nSPS) is 11.5. The summed E-state index contributed by atoms with van der Waals surface area (Å²) in [6.07, 6.45) is 4.02. The summed E-state index contributed by atoms with van der Waals surface area (Å²) in [5.41, 5.74) is 6.51. The molecular weight excluding hydrogens is 356 g/mol. The van der Waals surface area contributed by atoms with Gasteiger partial charge in [-0.05, 0) is 24.9 Å². The van der Waals surface area contributed by atoms with Crippen LogP contribution in [-0.2, 0) is 17.8 Å². The minimum Gasteiger partial charge on any atom is -0.426 e. The van der Waals surface area contributed by atoms with E-state index in [4.69, 9.17) is 5.73 Å². The molecule has 0 aliphatic heterocycles. The molecule has 1 amide bonds. The van der Waals surface area contributed by atoms with Crippen LogP contribution in [0.1, 0.15) is 30.7 Å². The zero-order chi connectivity index (χ0) is 18.1. The molecule has 8 nitrogen and oxygen atoms in total. The molecule has 0 spiro atoms. The van der Waals surface area contributed by atoms with Gasteiger partial charge in [-0.2, -0.15) is 5.10 Å². The number of nitrogens with one attached hydrogen (secondary N) is 1. The third-order valence-electron chi connectivity index (χ3n) is 3.77. The van der Waals surface area contributed by atoms with Crippen molar-refractivity contribution in [3.05, 3.63) is 48.0 Å². The van der Waals surface area contributed by atoms with Gasteiger partial charge in [0.2, 0.25) is 5.91 Å². The summed E-state index contributed by atoms with van der Waals surface area (Å²) < 4.78 is 1.44. The molecule has 26 heavy (non-hydrogen) atoms. The molecule has 5 N–H and O–H groups in total.